The van der Waals surface area contributed by atoms with Crippen LogP contribution in [-0.4, -0.2) is 13.3 Å². The van der Waals surface area contributed by atoms with Gasteiger partial charge in [0.15, 0.2) is 0 Å². The van der Waals surface area contributed by atoms with Crippen molar-refractivity contribution in [1.82, 2.24) is 0 Å². The summed E-state index contributed by atoms with van der Waals surface area (Å²) in [6.45, 7) is -1.15. The first-order valence-corrected chi connectivity index (χ1v) is 2.56. The molecule has 0 fully saturated rings. The Morgan fingerprint density at radius 3 is 2.12 bits per heavy atom. The Bertz CT molecular complexity index is 95.5. The molecule has 0 atom stereocenters. The van der Waals surface area contributed by atoms with E-state index in [-0.39, 0.29) is 25.5 Å². The molecular weight excluding hydrogens is 130 g/mol. The Labute approximate surface area is 60.5 Å². The summed E-state index contributed by atoms with van der Waals surface area (Å²) < 4.78 is 33.4. The molecule has 0 aromatic rings. The first-order valence-electron chi connectivity index (χ1n) is 1.56. The van der Waals surface area contributed by atoms with E-state index in [1.807, 2.05) is 0 Å². The van der Waals surface area contributed by atoms with Gasteiger partial charge in [0.1, 0.15) is 6.67 Å². The second-order valence-corrected chi connectivity index (χ2v) is 1.36. The van der Waals surface area contributed by atoms with E-state index in [1.165, 1.54) is 0 Å². The molecule has 3 nitrogen and oxygen atoms in total. The van der Waals surface area contributed by atoms with Crippen LogP contribution in [0.25, 0.3) is 0 Å². The molecule has 0 unspecified atom stereocenters. The van der Waals surface area contributed by atoms with Crippen LogP contribution in [0.15, 0.2) is 0 Å². The summed E-state index contributed by atoms with van der Waals surface area (Å²) in [4.78, 5) is 0. The summed E-state index contributed by atoms with van der Waals surface area (Å²) in [7, 11) is -2.56. The van der Waals surface area contributed by atoms with E-state index in [0.29, 0.717) is 0 Å². The van der Waals surface area contributed by atoms with Crippen molar-refractivity contribution < 1.29 is 35.9 Å². The number of hydrogen-bond donors (Lipinski definition) is 0. The van der Waals surface area contributed by atoms with Crippen molar-refractivity contribution in [1.29, 1.82) is 0 Å². The van der Waals surface area contributed by atoms with Gasteiger partial charge in [-0.1, -0.05) is 0 Å². The quantitative estimate of drug-likeness (QED) is 0.309. The second kappa shape index (κ2) is 7.44. The number of halogens is 1. The molecule has 0 N–H and O–H groups in total. The zero-order valence-electron chi connectivity index (χ0n) is 4.43. The molecule has 0 radical (unpaired) electrons. The zero-order chi connectivity index (χ0) is 5.70. The van der Waals surface area contributed by atoms with Crippen LogP contribution >= 0.6 is 0 Å². The Hall–Kier alpha value is 0.437. The van der Waals surface area contributed by atoms with Crippen LogP contribution in [-0.2, 0) is 23.6 Å². The van der Waals surface area contributed by atoms with Gasteiger partial charge in [-0.2, -0.15) is 0 Å². The molecule has 0 bridgehead atoms. The number of hydrogen-bond acceptors (Lipinski definition) is 4. The Morgan fingerprint density at radius 2 is 2.00 bits per heavy atom. The topological polar surface area (TPSA) is 43.4 Å². The first-order chi connectivity index (χ1) is 3.27. The van der Waals surface area contributed by atoms with Gasteiger partial charge in [-0.05, 0) is 0 Å². The van der Waals surface area contributed by atoms with Crippen molar-refractivity contribution in [2.75, 3.05) is 13.3 Å². The van der Waals surface area contributed by atoms with Crippen molar-refractivity contribution in [3.63, 3.8) is 0 Å². The van der Waals surface area contributed by atoms with E-state index in [0.717, 1.165) is 0 Å². The molecule has 0 amide bonds. The van der Waals surface area contributed by atoms with Gasteiger partial charge < -0.3 is 12.6 Å². The maximum absolute atomic E-state index is 11.0. The van der Waals surface area contributed by atoms with Gasteiger partial charge in [0.05, 0.1) is 17.6 Å². The van der Waals surface area contributed by atoms with E-state index in [4.69, 9.17) is 0 Å². The normalized spacial score (nSPS) is 8.75. The predicted octanol–water partition coefficient (Wildman–Crippen LogP) is -2.80. The van der Waals surface area contributed by atoms with Gasteiger partial charge in [0.2, 0.25) is 0 Å². The maximum atomic E-state index is 11.0. The van der Waals surface area contributed by atoms with Gasteiger partial charge in [0, 0.05) is 0 Å². The minimum atomic E-state index is -2.56. The molecule has 0 rings (SSSR count). The van der Waals surface area contributed by atoms with E-state index in [1.54, 1.807) is 0 Å². The average Bonchev–Trinajstić information content (AvgIpc) is 1.61. The fraction of sp³-hybridized carbons (Fsp3) is 1.00. The third-order valence-corrected chi connectivity index (χ3v) is 0.616. The molecule has 0 aliphatic carbocycles. The van der Waals surface area contributed by atoms with Crippen molar-refractivity contribution in [3.05, 3.63) is 0 Å². The van der Waals surface area contributed by atoms with Crippen LogP contribution in [0.2, 0.25) is 0 Å². The minimum absolute atomic E-state index is 0. The summed E-state index contributed by atoms with van der Waals surface area (Å²) in [5.74, 6) is 0. The molecule has 0 saturated carbocycles. The van der Waals surface area contributed by atoms with Crippen molar-refractivity contribution in [3.8, 4) is 0 Å². The minimum Gasteiger partial charge on any atom is -0.421 e. The molecular formula is C2H4FLiO3S. The number of alkyl halides is 1. The Morgan fingerprint density at radius 1 is 1.50 bits per heavy atom. The largest absolute Gasteiger partial charge is 1.00 e. The first kappa shape index (κ1) is 11.3. The standard InChI is InChI=1S/C2H4FO3S.Li/c3-1-2-6-7(4)5;/h1-2H2;/q-1;+1. The monoisotopic (exact) mass is 134 g/mol. The van der Waals surface area contributed by atoms with Gasteiger partial charge in [-0.25, -0.2) is 4.39 Å². The predicted molar refractivity (Wildman–Crippen MR) is 20.7 cm³/mol. The smallest absolute Gasteiger partial charge is 0.421 e. The van der Waals surface area contributed by atoms with Crippen LogP contribution in [0, 0.1) is 0 Å². The van der Waals surface area contributed by atoms with E-state index in [2.05, 4.69) is 4.18 Å². The zero-order valence-corrected chi connectivity index (χ0v) is 5.24. The fourth-order valence-corrected chi connectivity index (χ4v) is 0.299. The van der Waals surface area contributed by atoms with Gasteiger partial charge in [-0.15, -0.1) is 0 Å². The molecule has 0 aliphatic rings. The van der Waals surface area contributed by atoms with Crippen LogP contribution < -0.4 is 18.9 Å². The number of rotatable bonds is 3. The van der Waals surface area contributed by atoms with Gasteiger partial charge in [-0.3, -0.25) is 0 Å². The third kappa shape index (κ3) is 9.67. The summed E-state index contributed by atoms with van der Waals surface area (Å²) in [5.41, 5.74) is 0. The average molecular weight is 134 g/mol. The summed E-state index contributed by atoms with van der Waals surface area (Å²) >= 11 is 0. The summed E-state index contributed by atoms with van der Waals surface area (Å²) in [6, 6.07) is 0. The van der Waals surface area contributed by atoms with Gasteiger partial charge >= 0.3 is 18.9 Å². The summed E-state index contributed by atoms with van der Waals surface area (Å²) in [5, 5.41) is 0. The van der Waals surface area contributed by atoms with E-state index < -0.39 is 17.7 Å². The Kier molecular flexibility index (Phi) is 10.5. The second-order valence-electron chi connectivity index (χ2n) is 0.715. The molecule has 0 aromatic carbocycles. The van der Waals surface area contributed by atoms with Crippen molar-refractivity contribution >= 4 is 11.0 Å². The van der Waals surface area contributed by atoms with Crippen LogP contribution in [0.5, 0.6) is 0 Å². The van der Waals surface area contributed by atoms with E-state index >= 15 is 0 Å². The van der Waals surface area contributed by atoms with Crippen molar-refractivity contribution in [2.24, 2.45) is 0 Å². The molecule has 8 heavy (non-hydrogen) atoms. The SMILES string of the molecule is O=[S-](=O)OCCF.[Li+]. The van der Waals surface area contributed by atoms with Crippen LogP contribution in [0.3, 0.4) is 0 Å². The van der Waals surface area contributed by atoms with Crippen molar-refractivity contribution in [2.45, 2.75) is 0 Å². The van der Waals surface area contributed by atoms with Gasteiger partial charge in [0.25, 0.3) is 0 Å². The van der Waals surface area contributed by atoms with Crippen LogP contribution in [0.4, 0.5) is 4.39 Å². The molecule has 0 aliphatic heterocycles. The van der Waals surface area contributed by atoms with E-state index in [9.17, 15) is 12.8 Å². The molecule has 0 aromatic heterocycles. The molecule has 44 valence electrons. The summed E-state index contributed by atoms with van der Waals surface area (Å²) in [6.07, 6.45) is 0. The third-order valence-electron chi connectivity index (χ3n) is 0.257. The molecule has 0 spiro atoms. The Balaban J connectivity index is 0. The fourth-order valence-electron chi connectivity index (χ4n) is 0.0995. The maximum Gasteiger partial charge on any atom is 1.00 e. The molecule has 0 heterocycles. The van der Waals surface area contributed by atoms with Crippen LogP contribution in [0.1, 0.15) is 0 Å². The molecule has 0 saturated heterocycles. The molecule has 6 heteroatoms.